The van der Waals surface area contributed by atoms with E-state index in [4.69, 9.17) is 16.3 Å². The number of carbonyl (C=O) groups is 1. The van der Waals surface area contributed by atoms with Gasteiger partial charge < -0.3 is 10.1 Å². The number of halogens is 2. The van der Waals surface area contributed by atoms with Gasteiger partial charge in [-0.25, -0.2) is 4.79 Å². The van der Waals surface area contributed by atoms with Crippen molar-refractivity contribution in [2.45, 2.75) is 19.4 Å². The number of rotatable bonds is 5. The minimum atomic E-state index is -0.523. The zero-order chi connectivity index (χ0) is 12.8. The van der Waals surface area contributed by atoms with Crippen molar-refractivity contribution < 1.29 is 9.53 Å². The summed E-state index contributed by atoms with van der Waals surface area (Å²) >= 11 is 9.47. The fourth-order valence-corrected chi connectivity index (χ4v) is 2.07. The van der Waals surface area contributed by atoms with Crippen molar-refractivity contribution in [1.82, 2.24) is 5.32 Å². The molecule has 0 bridgehead atoms. The molecule has 0 saturated heterocycles. The average Bonchev–Trinajstić information content (AvgIpc) is 2.33. The first-order valence-electron chi connectivity index (χ1n) is 5.36. The van der Waals surface area contributed by atoms with E-state index in [0.717, 1.165) is 23.0 Å². The van der Waals surface area contributed by atoms with Gasteiger partial charge in [0.05, 0.1) is 7.11 Å². The zero-order valence-electron chi connectivity index (χ0n) is 9.80. The Balaban J connectivity index is 3.02. The van der Waals surface area contributed by atoms with Gasteiger partial charge in [0.25, 0.3) is 0 Å². The molecule has 3 nitrogen and oxygen atoms in total. The Labute approximate surface area is 115 Å². The van der Waals surface area contributed by atoms with E-state index in [9.17, 15) is 4.79 Å². The molecule has 0 aliphatic rings. The van der Waals surface area contributed by atoms with Crippen LogP contribution in [0.1, 0.15) is 24.9 Å². The molecule has 1 unspecified atom stereocenters. The summed E-state index contributed by atoms with van der Waals surface area (Å²) in [4.78, 5) is 11.7. The maximum absolute atomic E-state index is 11.7. The second-order valence-corrected chi connectivity index (χ2v) is 4.90. The maximum Gasteiger partial charge on any atom is 0.327 e. The monoisotopic (exact) mass is 319 g/mol. The van der Waals surface area contributed by atoms with Gasteiger partial charge in [-0.2, -0.15) is 0 Å². The minimum Gasteiger partial charge on any atom is -0.468 e. The molecule has 1 aromatic carbocycles. The third kappa shape index (κ3) is 3.98. The Morgan fingerprint density at radius 1 is 1.59 bits per heavy atom. The number of ether oxygens (including phenoxy) is 1. The molecule has 1 rings (SSSR count). The lowest BCUT2D eigenvalue weighted by atomic mass is 10.1. The summed E-state index contributed by atoms with van der Waals surface area (Å²) in [5, 5.41) is 3.67. The van der Waals surface area contributed by atoms with Gasteiger partial charge in [0.15, 0.2) is 0 Å². The SMILES string of the molecule is CCCNC(C(=O)OC)c1cc(Br)ccc1Cl. The molecule has 1 N–H and O–H groups in total. The largest absolute Gasteiger partial charge is 0.468 e. The summed E-state index contributed by atoms with van der Waals surface area (Å²) in [6.45, 7) is 2.76. The summed E-state index contributed by atoms with van der Waals surface area (Å²) in [6, 6.07) is 4.89. The molecule has 5 heteroatoms. The molecule has 1 aromatic rings. The first-order valence-corrected chi connectivity index (χ1v) is 6.53. The van der Waals surface area contributed by atoms with E-state index in [1.54, 1.807) is 6.07 Å². The molecule has 0 heterocycles. The second kappa shape index (κ2) is 6.99. The molecular formula is C12H15BrClNO2. The van der Waals surface area contributed by atoms with Crippen LogP contribution < -0.4 is 5.32 Å². The highest BCUT2D eigenvalue weighted by atomic mass is 79.9. The Morgan fingerprint density at radius 3 is 2.88 bits per heavy atom. The molecule has 0 amide bonds. The highest BCUT2D eigenvalue weighted by Gasteiger charge is 2.23. The van der Waals surface area contributed by atoms with Crippen molar-refractivity contribution in [2.75, 3.05) is 13.7 Å². The van der Waals surface area contributed by atoms with Crippen molar-refractivity contribution in [3.63, 3.8) is 0 Å². The highest BCUT2D eigenvalue weighted by molar-refractivity contribution is 9.10. The van der Waals surface area contributed by atoms with Crippen LogP contribution in [0.4, 0.5) is 0 Å². The van der Waals surface area contributed by atoms with E-state index in [-0.39, 0.29) is 5.97 Å². The predicted molar refractivity (Wildman–Crippen MR) is 72.2 cm³/mol. The Hall–Kier alpha value is -0.580. The van der Waals surface area contributed by atoms with Crippen LogP contribution in [0, 0.1) is 0 Å². The van der Waals surface area contributed by atoms with Gasteiger partial charge in [0.1, 0.15) is 6.04 Å². The van der Waals surface area contributed by atoms with Gasteiger partial charge in [-0.1, -0.05) is 34.5 Å². The van der Waals surface area contributed by atoms with Gasteiger partial charge >= 0.3 is 5.97 Å². The Kier molecular flexibility index (Phi) is 5.95. The standard InChI is InChI=1S/C12H15BrClNO2/c1-3-6-15-11(12(16)17-2)9-7-8(13)4-5-10(9)14/h4-5,7,11,15H,3,6H2,1-2H3. The minimum absolute atomic E-state index is 0.335. The maximum atomic E-state index is 11.7. The van der Waals surface area contributed by atoms with E-state index in [1.807, 2.05) is 19.1 Å². The lowest BCUT2D eigenvalue weighted by molar-refractivity contribution is -0.143. The number of hydrogen-bond donors (Lipinski definition) is 1. The Bertz CT molecular complexity index is 398. The summed E-state index contributed by atoms with van der Waals surface area (Å²) < 4.78 is 5.66. The quantitative estimate of drug-likeness (QED) is 0.846. The number of nitrogens with one attached hydrogen (secondary N) is 1. The number of carbonyl (C=O) groups excluding carboxylic acids is 1. The summed E-state index contributed by atoms with van der Waals surface area (Å²) in [7, 11) is 1.37. The molecule has 0 aliphatic heterocycles. The van der Waals surface area contributed by atoms with E-state index in [1.165, 1.54) is 7.11 Å². The number of benzene rings is 1. The normalized spacial score (nSPS) is 12.2. The molecule has 0 radical (unpaired) electrons. The summed E-state index contributed by atoms with van der Waals surface area (Å²) in [6.07, 6.45) is 0.930. The van der Waals surface area contributed by atoms with Crippen molar-refractivity contribution in [3.8, 4) is 0 Å². The topological polar surface area (TPSA) is 38.3 Å². The molecule has 0 aromatic heterocycles. The highest BCUT2D eigenvalue weighted by Crippen LogP contribution is 2.27. The second-order valence-electron chi connectivity index (χ2n) is 3.58. The van der Waals surface area contributed by atoms with Gasteiger partial charge in [0.2, 0.25) is 0 Å². The Morgan fingerprint density at radius 2 is 2.29 bits per heavy atom. The average molecular weight is 321 g/mol. The van der Waals surface area contributed by atoms with Gasteiger partial charge in [-0.15, -0.1) is 0 Å². The lowest BCUT2D eigenvalue weighted by Gasteiger charge is -2.18. The van der Waals surface area contributed by atoms with E-state index in [0.29, 0.717) is 5.02 Å². The van der Waals surface area contributed by atoms with Crippen LogP contribution in [-0.4, -0.2) is 19.6 Å². The molecule has 94 valence electrons. The molecule has 0 saturated carbocycles. The molecular weight excluding hydrogens is 305 g/mol. The summed E-state index contributed by atoms with van der Waals surface area (Å²) in [5.74, 6) is -0.335. The van der Waals surface area contributed by atoms with Crippen molar-refractivity contribution >= 4 is 33.5 Å². The van der Waals surface area contributed by atoms with E-state index >= 15 is 0 Å². The third-order valence-corrected chi connectivity index (χ3v) is 3.14. The van der Waals surface area contributed by atoms with Gasteiger partial charge in [-0.05, 0) is 36.7 Å². The van der Waals surface area contributed by atoms with Crippen LogP contribution in [0.2, 0.25) is 5.02 Å². The van der Waals surface area contributed by atoms with Crippen molar-refractivity contribution in [3.05, 3.63) is 33.3 Å². The van der Waals surface area contributed by atoms with Crippen LogP contribution >= 0.6 is 27.5 Å². The van der Waals surface area contributed by atoms with E-state index in [2.05, 4.69) is 21.2 Å². The van der Waals surface area contributed by atoms with Crippen molar-refractivity contribution in [1.29, 1.82) is 0 Å². The van der Waals surface area contributed by atoms with Crippen LogP contribution in [0.25, 0.3) is 0 Å². The predicted octanol–water partition coefficient (Wildman–Crippen LogP) is 3.32. The number of methoxy groups -OCH3 is 1. The first kappa shape index (κ1) is 14.5. The lowest BCUT2D eigenvalue weighted by Crippen LogP contribution is -2.30. The fourth-order valence-electron chi connectivity index (χ4n) is 1.46. The smallest absolute Gasteiger partial charge is 0.327 e. The van der Waals surface area contributed by atoms with Crippen molar-refractivity contribution in [2.24, 2.45) is 0 Å². The molecule has 0 aliphatic carbocycles. The first-order chi connectivity index (χ1) is 8.10. The van der Waals surface area contributed by atoms with Crippen LogP contribution in [0.15, 0.2) is 22.7 Å². The fraction of sp³-hybridized carbons (Fsp3) is 0.417. The van der Waals surface area contributed by atoms with Crippen LogP contribution in [0.5, 0.6) is 0 Å². The zero-order valence-corrected chi connectivity index (χ0v) is 12.1. The van der Waals surface area contributed by atoms with Gasteiger partial charge in [-0.3, -0.25) is 0 Å². The molecule has 17 heavy (non-hydrogen) atoms. The molecule has 1 atom stereocenters. The van der Waals surface area contributed by atoms with E-state index < -0.39 is 6.04 Å². The van der Waals surface area contributed by atoms with Crippen LogP contribution in [0.3, 0.4) is 0 Å². The molecule has 0 fully saturated rings. The summed E-state index contributed by atoms with van der Waals surface area (Å²) in [5.41, 5.74) is 0.723. The number of esters is 1. The number of hydrogen-bond acceptors (Lipinski definition) is 3. The van der Waals surface area contributed by atoms with Crippen LogP contribution in [-0.2, 0) is 9.53 Å². The third-order valence-electron chi connectivity index (χ3n) is 2.30. The molecule has 0 spiro atoms. The van der Waals surface area contributed by atoms with Gasteiger partial charge in [0, 0.05) is 9.50 Å².